The average molecular weight is 319 g/mol. The summed E-state index contributed by atoms with van der Waals surface area (Å²) in [5.74, 6) is 0.0673. The number of carbonyl (C=O) groups excluding carboxylic acids is 1. The van der Waals surface area contributed by atoms with Gasteiger partial charge in [-0.15, -0.1) is 0 Å². The van der Waals surface area contributed by atoms with Gasteiger partial charge in [0, 0.05) is 5.69 Å². The molecule has 23 heavy (non-hydrogen) atoms. The first-order valence-electron chi connectivity index (χ1n) is 8.80. The van der Waals surface area contributed by atoms with Crippen LogP contribution in [0.1, 0.15) is 57.6 Å². The molecule has 0 atom stereocenters. The summed E-state index contributed by atoms with van der Waals surface area (Å²) in [5, 5.41) is 3.06. The van der Waals surface area contributed by atoms with Crippen LogP contribution in [0.5, 0.6) is 0 Å². The number of nitrogens with zero attached hydrogens (tertiary/aromatic N) is 1. The van der Waals surface area contributed by atoms with Crippen molar-refractivity contribution in [3.05, 3.63) is 29.3 Å². The molecule has 0 radical (unpaired) electrons. The van der Waals surface area contributed by atoms with Crippen LogP contribution in [-0.2, 0) is 4.79 Å². The van der Waals surface area contributed by atoms with Crippen LogP contribution in [0.25, 0.3) is 0 Å². The number of benzene rings is 1. The number of nitrogens with one attached hydrogen (secondary N) is 1. The van der Waals surface area contributed by atoms with E-state index in [9.17, 15) is 4.79 Å². The van der Waals surface area contributed by atoms with Crippen LogP contribution >= 0.6 is 0 Å². The van der Waals surface area contributed by atoms with Crippen molar-refractivity contribution in [2.24, 2.45) is 5.41 Å². The fraction of sp³-hybridized carbons (Fsp3) is 0.650. The highest BCUT2D eigenvalue weighted by Gasteiger charge is 2.16. The Balaban J connectivity index is 2.40. The fourth-order valence-corrected chi connectivity index (χ4v) is 3.14. The summed E-state index contributed by atoms with van der Waals surface area (Å²) in [6.45, 7) is 12.4. The van der Waals surface area contributed by atoms with Crippen LogP contribution in [0.2, 0.25) is 0 Å². The molecule has 130 valence electrons. The molecule has 0 saturated carbocycles. The van der Waals surface area contributed by atoms with Crippen molar-refractivity contribution >= 4 is 11.6 Å². The van der Waals surface area contributed by atoms with Gasteiger partial charge in [0.15, 0.2) is 0 Å². The third-order valence-electron chi connectivity index (χ3n) is 4.48. The van der Waals surface area contributed by atoms with Gasteiger partial charge in [-0.05, 0) is 63.2 Å². The summed E-state index contributed by atoms with van der Waals surface area (Å²) in [7, 11) is 2.02. The Labute approximate surface area is 142 Å². The first-order valence-corrected chi connectivity index (χ1v) is 8.80. The summed E-state index contributed by atoms with van der Waals surface area (Å²) < 4.78 is 0. The van der Waals surface area contributed by atoms with E-state index in [1.54, 1.807) is 0 Å². The molecule has 1 amide bonds. The second kappa shape index (κ2) is 9.07. The van der Waals surface area contributed by atoms with Crippen LogP contribution in [0, 0.1) is 19.3 Å². The van der Waals surface area contributed by atoms with E-state index in [-0.39, 0.29) is 5.91 Å². The lowest BCUT2D eigenvalue weighted by Crippen LogP contribution is -2.31. The lowest BCUT2D eigenvalue weighted by Gasteiger charge is -2.25. The Morgan fingerprint density at radius 1 is 1.17 bits per heavy atom. The second-order valence-electron chi connectivity index (χ2n) is 7.57. The summed E-state index contributed by atoms with van der Waals surface area (Å²) in [5.41, 5.74) is 3.59. The van der Waals surface area contributed by atoms with Crippen molar-refractivity contribution in [2.75, 3.05) is 25.5 Å². The number of likely N-dealkylation sites (N-methyl/N-ethyl adjacent to an activating group) is 1. The number of hydrogen-bond acceptors (Lipinski definition) is 2. The van der Waals surface area contributed by atoms with Crippen molar-refractivity contribution < 1.29 is 4.79 Å². The van der Waals surface area contributed by atoms with Crippen LogP contribution in [-0.4, -0.2) is 30.9 Å². The average Bonchev–Trinajstić information content (AvgIpc) is 2.42. The minimum atomic E-state index is 0.0673. The number of rotatable bonds is 9. The Bertz CT molecular complexity index is 488. The minimum Gasteiger partial charge on any atom is -0.324 e. The van der Waals surface area contributed by atoms with Crippen molar-refractivity contribution in [1.29, 1.82) is 0 Å². The number of anilines is 1. The fourth-order valence-electron chi connectivity index (χ4n) is 3.14. The summed E-state index contributed by atoms with van der Waals surface area (Å²) >= 11 is 0. The number of para-hydroxylation sites is 1. The zero-order valence-electron chi connectivity index (χ0n) is 15.8. The van der Waals surface area contributed by atoms with Crippen molar-refractivity contribution in [3.63, 3.8) is 0 Å². The Hall–Kier alpha value is -1.35. The molecule has 1 N–H and O–H groups in total. The number of hydrogen-bond donors (Lipinski definition) is 1. The highest BCUT2D eigenvalue weighted by molar-refractivity contribution is 5.93. The topological polar surface area (TPSA) is 32.3 Å². The van der Waals surface area contributed by atoms with Gasteiger partial charge in [0.1, 0.15) is 0 Å². The standard InChI is InChI=1S/C20H34N2O/c1-7-12-20(4,5)13-9-14-22(6)15-18(23)21-19-16(2)10-8-11-17(19)3/h8,10-11H,7,9,12-15H2,1-6H3,(H,21,23). The number of amides is 1. The molecule has 1 aromatic carbocycles. The molecule has 0 fully saturated rings. The first kappa shape index (κ1) is 19.7. The van der Waals surface area contributed by atoms with Gasteiger partial charge in [0.05, 0.1) is 6.54 Å². The van der Waals surface area contributed by atoms with E-state index in [0.29, 0.717) is 12.0 Å². The van der Waals surface area contributed by atoms with Gasteiger partial charge in [-0.2, -0.15) is 0 Å². The van der Waals surface area contributed by atoms with Crippen molar-refractivity contribution in [1.82, 2.24) is 4.90 Å². The Morgan fingerprint density at radius 3 is 2.35 bits per heavy atom. The number of aryl methyl sites for hydroxylation is 2. The van der Waals surface area contributed by atoms with Crippen LogP contribution < -0.4 is 5.32 Å². The van der Waals surface area contributed by atoms with E-state index in [1.165, 1.54) is 19.3 Å². The maximum absolute atomic E-state index is 12.2. The molecule has 0 saturated heterocycles. The van der Waals surface area contributed by atoms with Gasteiger partial charge in [0.2, 0.25) is 5.91 Å². The monoisotopic (exact) mass is 318 g/mol. The molecule has 0 spiro atoms. The summed E-state index contributed by atoms with van der Waals surface area (Å²) in [6, 6.07) is 6.08. The van der Waals surface area contributed by atoms with E-state index >= 15 is 0 Å². The molecule has 0 heterocycles. The molecule has 1 rings (SSSR count). The first-order chi connectivity index (χ1) is 10.7. The zero-order chi connectivity index (χ0) is 17.5. The van der Waals surface area contributed by atoms with Gasteiger partial charge in [-0.25, -0.2) is 0 Å². The van der Waals surface area contributed by atoms with E-state index in [1.807, 2.05) is 39.1 Å². The number of carbonyl (C=O) groups is 1. The maximum atomic E-state index is 12.2. The molecule has 3 nitrogen and oxygen atoms in total. The smallest absolute Gasteiger partial charge is 0.238 e. The van der Waals surface area contributed by atoms with E-state index in [2.05, 4.69) is 31.0 Å². The second-order valence-corrected chi connectivity index (χ2v) is 7.57. The van der Waals surface area contributed by atoms with Gasteiger partial charge in [-0.3, -0.25) is 9.69 Å². The van der Waals surface area contributed by atoms with E-state index in [4.69, 9.17) is 0 Å². The van der Waals surface area contributed by atoms with Gasteiger partial charge >= 0.3 is 0 Å². The third-order valence-corrected chi connectivity index (χ3v) is 4.48. The van der Waals surface area contributed by atoms with Gasteiger partial charge < -0.3 is 5.32 Å². The zero-order valence-corrected chi connectivity index (χ0v) is 15.8. The predicted octanol–water partition coefficient (Wildman–Crippen LogP) is 4.78. The summed E-state index contributed by atoms with van der Waals surface area (Å²) in [4.78, 5) is 14.4. The van der Waals surface area contributed by atoms with E-state index < -0.39 is 0 Å². The molecular formula is C20H34N2O. The van der Waals surface area contributed by atoms with Gasteiger partial charge in [0.25, 0.3) is 0 Å². The minimum absolute atomic E-state index is 0.0673. The molecule has 0 aromatic heterocycles. The predicted molar refractivity (Wildman–Crippen MR) is 100.0 cm³/mol. The third kappa shape index (κ3) is 7.17. The normalized spacial score (nSPS) is 11.8. The molecule has 0 aliphatic heterocycles. The van der Waals surface area contributed by atoms with Crippen molar-refractivity contribution in [3.8, 4) is 0 Å². The SMILES string of the molecule is CCCC(C)(C)CCCN(C)CC(=O)Nc1c(C)cccc1C. The van der Waals surface area contributed by atoms with Crippen LogP contribution in [0.15, 0.2) is 18.2 Å². The Kier molecular flexibility index (Phi) is 7.77. The molecule has 0 unspecified atom stereocenters. The lowest BCUT2D eigenvalue weighted by atomic mass is 9.83. The Morgan fingerprint density at radius 2 is 1.78 bits per heavy atom. The van der Waals surface area contributed by atoms with Gasteiger partial charge in [-0.1, -0.05) is 45.4 Å². The molecule has 3 heteroatoms. The lowest BCUT2D eigenvalue weighted by molar-refractivity contribution is -0.117. The summed E-state index contributed by atoms with van der Waals surface area (Å²) in [6.07, 6.45) is 4.86. The molecule has 0 bridgehead atoms. The largest absolute Gasteiger partial charge is 0.324 e. The van der Waals surface area contributed by atoms with Crippen molar-refractivity contribution in [2.45, 2.75) is 60.3 Å². The molecule has 0 aliphatic carbocycles. The highest BCUT2D eigenvalue weighted by Crippen LogP contribution is 2.28. The van der Waals surface area contributed by atoms with Crippen LogP contribution in [0.4, 0.5) is 5.69 Å². The highest BCUT2D eigenvalue weighted by atomic mass is 16.2. The molecule has 0 aliphatic rings. The molecular weight excluding hydrogens is 284 g/mol. The van der Waals surface area contributed by atoms with E-state index in [0.717, 1.165) is 29.8 Å². The molecule has 1 aromatic rings. The maximum Gasteiger partial charge on any atom is 0.238 e. The van der Waals surface area contributed by atoms with Crippen LogP contribution in [0.3, 0.4) is 0 Å². The quantitative estimate of drug-likeness (QED) is 0.710.